The Labute approximate surface area is 58.3 Å². The number of carbonyl (C=O) groups is 2. The van der Waals surface area contributed by atoms with Gasteiger partial charge in [0.25, 0.3) is 11.8 Å². The van der Waals surface area contributed by atoms with E-state index in [-0.39, 0.29) is 24.9 Å². The lowest BCUT2D eigenvalue weighted by Crippen LogP contribution is -2.31. The van der Waals surface area contributed by atoms with Crippen LogP contribution < -0.4 is 0 Å². The zero-order valence-electron chi connectivity index (χ0n) is 5.33. The Bertz CT molecular complexity index is 180. The summed E-state index contributed by atoms with van der Waals surface area (Å²) in [5.41, 5.74) is 6.77. The fourth-order valence-electron chi connectivity index (χ4n) is 0.763. The molecular formula is C6H7N2O2-. The quantitative estimate of drug-likeness (QED) is 0.504. The molecule has 2 amide bonds. The molecule has 0 aromatic carbocycles. The second-order valence-corrected chi connectivity index (χ2v) is 1.91. The fourth-order valence-corrected chi connectivity index (χ4v) is 0.763. The molecule has 0 radical (unpaired) electrons. The molecule has 0 bridgehead atoms. The summed E-state index contributed by atoms with van der Waals surface area (Å²) in [7, 11) is 0. The molecule has 0 aromatic heterocycles. The molecule has 1 heterocycles. The average Bonchev–Trinajstić information content (AvgIpc) is 2.20. The number of hydrogen-bond donors (Lipinski definition) is 0. The second-order valence-electron chi connectivity index (χ2n) is 1.91. The van der Waals surface area contributed by atoms with Crippen molar-refractivity contribution in [2.75, 3.05) is 13.1 Å². The normalized spacial score (nSPS) is 17.1. The van der Waals surface area contributed by atoms with Crippen molar-refractivity contribution in [2.45, 2.75) is 0 Å². The standard InChI is InChI=1S/C6H7N2O2/c7-3-4-8-5(9)1-2-6(8)10/h1-2,7H,3-4H2/q-1. The molecule has 0 aliphatic carbocycles. The number of rotatable bonds is 2. The molecule has 1 rings (SSSR count). The molecule has 4 nitrogen and oxygen atoms in total. The van der Waals surface area contributed by atoms with Gasteiger partial charge in [0.05, 0.1) is 0 Å². The molecular weight excluding hydrogens is 132 g/mol. The summed E-state index contributed by atoms with van der Waals surface area (Å²) in [4.78, 5) is 22.5. The maximum atomic E-state index is 10.7. The van der Waals surface area contributed by atoms with Gasteiger partial charge in [0.1, 0.15) is 0 Å². The molecule has 54 valence electrons. The highest BCUT2D eigenvalue weighted by atomic mass is 16.2. The third kappa shape index (κ3) is 1.06. The van der Waals surface area contributed by atoms with Crippen LogP contribution in [0.5, 0.6) is 0 Å². The van der Waals surface area contributed by atoms with Crippen LogP contribution in [-0.4, -0.2) is 29.8 Å². The lowest BCUT2D eigenvalue weighted by molar-refractivity contribution is -0.136. The first-order valence-electron chi connectivity index (χ1n) is 2.94. The van der Waals surface area contributed by atoms with Crippen LogP contribution in [0.15, 0.2) is 12.2 Å². The number of hydrogen-bond acceptors (Lipinski definition) is 2. The van der Waals surface area contributed by atoms with Crippen molar-refractivity contribution in [1.82, 2.24) is 4.90 Å². The minimum absolute atomic E-state index is 0.0686. The Kier molecular flexibility index (Phi) is 1.82. The van der Waals surface area contributed by atoms with E-state index in [0.717, 1.165) is 4.90 Å². The third-order valence-corrected chi connectivity index (χ3v) is 1.24. The van der Waals surface area contributed by atoms with Gasteiger partial charge in [-0.2, -0.15) is 0 Å². The highest BCUT2D eigenvalue weighted by Crippen LogP contribution is 2.01. The van der Waals surface area contributed by atoms with Gasteiger partial charge < -0.3 is 5.73 Å². The lowest BCUT2D eigenvalue weighted by atomic mass is 10.5. The Morgan fingerprint density at radius 3 is 2.20 bits per heavy atom. The first-order valence-corrected chi connectivity index (χ1v) is 2.94. The monoisotopic (exact) mass is 139 g/mol. The molecule has 0 saturated carbocycles. The van der Waals surface area contributed by atoms with Crippen molar-refractivity contribution in [2.24, 2.45) is 0 Å². The van der Waals surface area contributed by atoms with Gasteiger partial charge in [-0.3, -0.25) is 14.5 Å². The van der Waals surface area contributed by atoms with E-state index in [0.29, 0.717) is 0 Å². The first kappa shape index (κ1) is 6.95. The predicted octanol–water partition coefficient (Wildman–Crippen LogP) is -0.0364. The van der Waals surface area contributed by atoms with Gasteiger partial charge in [0.15, 0.2) is 0 Å². The zero-order chi connectivity index (χ0) is 7.56. The average molecular weight is 139 g/mol. The number of imide groups is 1. The largest absolute Gasteiger partial charge is 0.676 e. The summed E-state index contributed by atoms with van der Waals surface area (Å²) >= 11 is 0. The van der Waals surface area contributed by atoms with Crippen LogP contribution in [0.4, 0.5) is 0 Å². The SMILES string of the molecule is [NH-]CCN1C(=O)C=CC1=O. The number of nitrogens with zero attached hydrogens (tertiary/aromatic N) is 1. The van der Waals surface area contributed by atoms with Crippen LogP contribution in [-0.2, 0) is 9.59 Å². The van der Waals surface area contributed by atoms with Crippen LogP contribution in [0.2, 0.25) is 0 Å². The number of carbonyl (C=O) groups excluding carboxylic acids is 2. The summed E-state index contributed by atoms with van der Waals surface area (Å²) in [6.45, 7) is 0.268. The molecule has 10 heavy (non-hydrogen) atoms. The van der Waals surface area contributed by atoms with E-state index in [1.807, 2.05) is 0 Å². The van der Waals surface area contributed by atoms with Crippen LogP contribution in [0.3, 0.4) is 0 Å². The Morgan fingerprint density at radius 2 is 1.80 bits per heavy atom. The molecule has 1 aliphatic rings. The molecule has 0 fully saturated rings. The second kappa shape index (κ2) is 2.62. The van der Waals surface area contributed by atoms with Crippen molar-refractivity contribution in [1.29, 1.82) is 0 Å². The summed E-state index contributed by atoms with van der Waals surface area (Å²) in [5.74, 6) is -0.616. The van der Waals surface area contributed by atoms with Gasteiger partial charge in [-0.15, -0.1) is 6.54 Å². The molecule has 1 aliphatic heterocycles. The maximum absolute atomic E-state index is 10.7. The van der Waals surface area contributed by atoms with Gasteiger partial charge in [0.2, 0.25) is 0 Å². The highest BCUT2D eigenvalue weighted by molar-refractivity contribution is 6.12. The Hall–Kier alpha value is -1.16. The molecule has 0 atom stereocenters. The molecule has 0 aromatic rings. The van der Waals surface area contributed by atoms with Crippen molar-refractivity contribution in [3.05, 3.63) is 17.9 Å². The molecule has 1 N–H and O–H groups in total. The number of amides is 2. The van der Waals surface area contributed by atoms with Crippen molar-refractivity contribution in [3.63, 3.8) is 0 Å². The zero-order valence-corrected chi connectivity index (χ0v) is 5.33. The van der Waals surface area contributed by atoms with E-state index in [4.69, 9.17) is 5.73 Å². The van der Waals surface area contributed by atoms with Crippen molar-refractivity contribution >= 4 is 11.8 Å². The van der Waals surface area contributed by atoms with Crippen molar-refractivity contribution < 1.29 is 9.59 Å². The summed E-state index contributed by atoms with van der Waals surface area (Å²) in [5, 5.41) is 0. The summed E-state index contributed by atoms with van der Waals surface area (Å²) in [6, 6.07) is 0. The first-order chi connectivity index (χ1) is 4.75. The summed E-state index contributed by atoms with van der Waals surface area (Å²) < 4.78 is 0. The van der Waals surface area contributed by atoms with E-state index in [1.54, 1.807) is 0 Å². The minimum atomic E-state index is -0.308. The molecule has 0 saturated heterocycles. The maximum Gasteiger partial charge on any atom is 0.253 e. The van der Waals surface area contributed by atoms with Gasteiger partial charge in [-0.25, -0.2) is 0 Å². The number of nitrogens with one attached hydrogen (secondary N) is 1. The highest BCUT2D eigenvalue weighted by Gasteiger charge is 2.20. The minimum Gasteiger partial charge on any atom is -0.676 e. The predicted molar refractivity (Wildman–Crippen MR) is 35.0 cm³/mol. The van der Waals surface area contributed by atoms with Crippen molar-refractivity contribution in [3.8, 4) is 0 Å². The van der Waals surface area contributed by atoms with Crippen LogP contribution in [0.25, 0.3) is 5.73 Å². The summed E-state index contributed by atoms with van der Waals surface area (Å²) in [6.07, 6.45) is 2.44. The van der Waals surface area contributed by atoms with Gasteiger partial charge in [0, 0.05) is 18.7 Å². The Morgan fingerprint density at radius 1 is 1.30 bits per heavy atom. The van der Waals surface area contributed by atoms with Crippen LogP contribution in [0.1, 0.15) is 0 Å². The van der Waals surface area contributed by atoms with E-state index >= 15 is 0 Å². The molecule has 4 heteroatoms. The Balaban J connectivity index is 2.60. The molecule has 0 unspecified atom stereocenters. The van der Waals surface area contributed by atoms with Gasteiger partial charge >= 0.3 is 0 Å². The van der Waals surface area contributed by atoms with Crippen LogP contribution in [0, 0.1) is 0 Å². The smallest absolute Gasteiger partial charge is 0.253 e. The topological polar surface area (TPSA) is 61.2 Å². The lowest BCUT2D eigenvalue weighted by Gasteiger charge is -2.13. The van der Waals surface area contributed by atoms with Gasteiger partial charge in [-0.1, -0.05) is 0 Å². The van der Waals surface area contributed by atoms with Gasteiger partial charge in [-0.05, 0) is 0 Å². The van der Waals surface area contributed by atoms with E-state index in [1.165, 1.54) is 12.2 Å². The fraction of sp³-hybridized carbons (Fsp3) is 0.333. The van der Waals surface area contributed by atoms with E-state index < -0.39 is 0 Å². The van der Waals surface area contributed by atoms with Crippen LogP contribution >= 0.6 is 0 Å². The molecule has 0 spiro atoms. The van der Waals surface area contributed by atoms with E-state index in [9.17, 15) is 9.59 Å². The third-order valence-electron chi connectivity index (χ3n) is 1.24. The van der Waals surface area contributed by atoms with E-state index in [2.05, 4.69) is 0 Å².